The molecule has 0 aliphatic carbocycles. The van der Waals surface area contributed by atoms with Gasteiger partial charge in [0.25, 0.3) is 0 Å². The highest BCUT2D eigenvalue weighted by Gasteiger charge is 2.06. The zero-order chi connectivity index (χ0) is 17.4. The zero-order valence-electron chi connectivity index (χ0n) is 13.5. The third kappa shape index (κ3) is 5.14. The first-order valence-corrected chi connectivity index (χ1v) is 8.05. The molecule has 1 aromatic carbocycles. The Morgan fingerprint density at radius 1 is 1.46 bits per heavy atom. The number of nitrogens with zero attached hydrogens (tertiary/aromatic N) is 1. The van der Waals surface area contributed by atoms with Gasteiger partial charge in [-0.15, -0.1) is 17.8 Å². The van der Waals surface area contributed by atoms with E-state index in [1.54, 1.807) is 31.5 Å². The van der Waals surface area contributed by atoms with E-state index in [1.807, 2.05) is 13.0 Å². The standard InChI is InChI=1S/C18H18N2O3S/c1-4-9-23-17-10-14(5-7-16(17)22-3)11-20-18(21)8-6-15-12-19-13(2)24-15/h1,5-8,10,12H,9,11H2,2-3H3,(H,20,21). The Balaban J connectivity index is 1.94. The molecule has 0 saturated heterocycles. The number of carbonyl (C=O) groups excluding carboxylic acids is 1. The number of ether oxygens (including phenoxy) is 2. The van der Waals surface area contributed by atoms with Crippen LogP contribution in [0.4, 0.5) is 0 Å². The Bertz CT molecular complexity index is 775. The Morgan fingerprint density at radius 2 is 2.29 bits per heavy atom. The van der Waals surface area contributed by atoms with Crippen LogP contribution in [0.25, 0.3) is 6.08 Å². The maximum absolute atomic E-state index is 11.9. The summed E-state index contributed by atoms with van der Waals surface area (Å²) in [7, 11) is 1.56. The van der Waals surface area contributed by atoms with Crippen molar-refractivity contribution in [1.82, 2.24) is 10.3 Å². The second-order valence-corrected chi connectivity index (χ2v) is 6.08. The van der Waals surface area contributed by atoms with Crippen molar-refractivity contribution in [2.75, 3.05) is 13.7 Å². The molecule has 1 aromatic heterocycles. The molecule has 2 aromatic rings. The van der Waals surface area contributed by atoms with E-state index in [1.165, 1.54) is 17.4 Å². The van der Waals surface area contributed by atoms with E-state index in [0.29, 0.717) is 18.0 Å². The number of carbonyl (C=O) groups is 1. The summed E-state index contributed by atoms with van der Waals surface area (Å²) in [4.78, 5) is 17.0. The highest BCUT2D eigenvalue weighted by molar-refractivity contribution is 7.12. The van der Waals surface area contributed by atoms with Crippen molar-refractivity contribution in [2.45, 2.75) is 13.5 Å². The molecule has 0 bridgehead atoms. The van der Waals surface area contributed by atoms with Crippen LogP contribution in [0, 0.1) is 19.3 Å². The molecule has 5 nitrogen and oxygen atoms in total. The first-order valence-electron chi connectivity index (χ1n) is 7.24. The molecule has 1 amide bonds. The number of benzene rings is 1. The largest absolute Gasteiger partial charge is 0.493 e. The third-order valence-corrected chi connectivity index (χ3v) is 3.92. The van der Waals surface area contributed by atoms with Crippen LogP contribution in [-0.2, 0) is 11.3 Å². The molecule has 0 unspecified atom stereocenters. The smallest absolute Gasteiger partial charge is 0.244 e. The van der Waals surface area contributed by atoms with E-state index in [4.69, 9.17) is 15.9 Å². The Labute approximate surface area is 145 Å². The predicted molar refractivity (Wildman–Crippen MR) is 95.1 cm³/mol. The van der Waals surface area contributed by atoms with E-state index in [9.17, 15) is 4.79 Å². The first kappa shape index (κ1) is 17.6. The lowest BCUT2D eigenvalue weighted by molar-refractivity contribution is -0.116. The van der Waals surface area contributed by atoms with Crippen molar-refractivity contribution in [3.8, 4) is 23.8 Å². The Kier molecular flexibility index (Phi) is 6.41. The number of rotatable bonds is 7. The highest BCUT2D eigenvalue weighted by atomic mass is 32.1. The summed E-state index contributed by atoms with van der Waals surface area (Å²) in [5.74, 6) is 3.38. The molecular weight excluding hydrogens is 324 g/mol. The minimum atomic E-state index is -0.178. The molecule has 24 heavy (non-hydrogen) atoms. The monoisotopic (exact) mass is 342 g/mol. The average molecular weight is 342 g/mol. The zero-order valence-corrected chi connectivity index (χ0v) is 14.4. The molecule has 0 aliphatic rings. The quantitative estimate of drug-likeness (QED) is 0.621. The third-order valence-electron chi connectivity index (χ3n) is 3.04. The number of terminal acetylenes is 1. The van der Waals surface area contributed by atoms with E-state index in [0.717, 1.165) is 15.4 Å². The summed E-state index contributed by atoms with van der Waals surface area (Å²) in [6.07, 6.45) is 10.2. The van der Waals surface area contributed by atoms with Gasteiger partial charge in [0.15, 0.2) is 11.5 Å². The number of methoxy groups -OCH3 is 1. The molecule has 0 spiro atoms. The van der Waals surface area contributed by atoms with Gasteiger partial charge in [-0.3, -0.25) is 4.79 Å². The Hall–Kier alpha value is -2.78. The van der Waals surface area contributed by atoms with Crippen molar-refractivity contribution in [3.05, 3.63) is 45.9 Å². The molecule has 1 heterocycles. The van der Waals surface area contributed by atoms with Gasteiger partial charge in [0.1, 0.15) is 6.61 Å². The van der Waals surface area contributed by atoms with E-state index < -0.39 is 0 Å². The summed E-state index contributed by atoms with van der Waals surface area (Å²) in [5, 5.41) is 3.78. The van der Waals surface area contributed by atoms with Crippen molar-refractivity contribution >= 4 is 23.3 Å². The van der Waals surface area contributed by atoms with Crippen LogP contribution < -0.4 is 14.8 Å². The van der Waals surface area contributed by atoms with E-state index in [-0.39, 0.29) is 12.5 Å². The van der Waals surface area contributed by atoms with Crippen LogP contribution in [0.5, 0.6) is 11.5 Å². The number of aromatic nitrogens is 1. The summed E-state index contributed by atoms with van der Waals surface area (Å²) in [5.41, 5.74) is 0.887. The number of amides is 1. The van der Waals surface area contributed by atoms with Crippen LogP contribution >= 0.6 is 11.3 Å². The SMILES string of the molecule is C#CCOc1cc(CNC(=O)C=Cc2cnc(C)s2)ccc1OC. The first-order chi connectivity index (χ1) is 11.6. The predicted octanol–water partition coefficient (Wildman–Crippen LogP) is 2.80. The van der Waals surface area contributed by atoms with Gasteiger partial charge in [0.2, 0.25) is 5.91 Å². The van der Waals surface area contributed by atoms with Crippen molar-refractivity contribution in [1.29, 1.82) is 0 Å². The normalized spacial score (nSPS) is 10.4. The van der Waals surface area contributed by atoms with Gasteiger partial charge in [-0.2, -0.15) is 0 Å². The van der Waals surface area contributed by atoms with Gasteiger partial charge in [0, 0.05) is 23.7 Å². The van der Waals surface area contributed by atoms with Crippen molar-refractivity contribution < 1.29 is 14.3 Å². The number of aryl methyl sites for hydroxylation is 1. The lowest BCUT2D eigenvalue weighted by Gasteiger charge is -2.11. The number of thiazole rings is 1. The fraction of sp³-hybridized carbons (Fsp3) is 0.222. The fourth-order valence-electron chi connectivity index (χ4n) is 1.92. The number of nitrogens with one attached hydrogen (secondary N) is 1. The molecule has 124 valence electrons. The highest BCUT2D eigenvalue weighted by Crippen LogP contribution is 2.27. The second kappa shape index (κ2) is 8.75. The van der Waals surface area contributed by atoms with Crippen LogP contribution in [0.1, 0.15) is 15.4 Å². The summed E-state index contributed by atoms with van der Waals surface area (Å²) >= 11 is 1.53. The maximum Gasteiger partial charge on any atom is 0.244 e. The summed E-state index contributed by atoms with van der Waals surface area (Å²) < 4.78 is 10.7. The van der Waals surface area contributed by atoms with Gasteiger partial charge in [-0.25, -0.2) is 4.98 Å². The molecule has 6 heteroatoms. The summed E-state index contributed by atoms with van der Waals surface area (Å²) in [6, 6.07) is 5.44. The topological polar surface area (TPSA) is 60.5 Å². The van der Waals surface area contributed by atoms with Gasteiger partial charge in [-0.1, -0.05) is 12.0 Å². The lowest BCUT2D eigenvalue weighted by atomic mass is 10.2. The second-order valence-electron chi connectivity index (χ2n) is 4.81. The molecule has 0 aliphatic heterocycles. The van der Waals surface area contributed by atoms with Crippen LogP contribution in [0.3, 0.4) is 0 Å². The minimum absolute atomic E-state index is 0.156. The van der Waals surface area contributed by atoms with Crippen LogP contribution in [-0.4, -0.2) is 24.6 Å². The van der Waals surface area contributed by atoms with Gasteiger partial charge in [0.05, 0.1) is 12.1 Å². The number of hydrogen-bond donors (Lipinski definition) is 1. The molecular formula is C18H18N2O3S. The molecule has 0 saturated carbocycles. The maximum atomic E-state index is 11.9. The van der Waals surface area contributed by atoms with Gasteiger partial charge < -0.3 is 14.8 Å². The van der Waals surface area contributed by atoms with Crippen LogP contribution in [0.2, 0.25) is 0 Å². The molecule has 2 rings (SSSR count). The molecule has 0 fully saturated rings. The Morgan fingerprint density at radius 3 is 2.96 bits per heavy atom. The average Bonchev–Trinajstić information content (AvgIpc) is 3.01. The lowest BCUT2D eigenvalue weighted by Crippen LogP contribution is -2.20. The van der Waals surface area contributed by atoms with Crippen molar-refractivity contribution in [3.63, 3.8) is 0 Å². The molecule has 0 atom stereocenters. The van der Waals surface area contributed by atoms with Crippen molar-refractivity contribution in [2.24, 2.45) is 0 Å². The van der Waals surface area contributed by atoms with Gasteiger partial charge in [-0.05, 0) is 30.7 Å². The molecule has 0 radical (unpaired) electrons. The summed E-state index contributed by atoms with van der Waals surface area (Å²) in [6.45, 7) is 2.45. The molecule has 1 N–H and O–H groups in total. The fourth-order valence-corrected chi connectivity index (χ4v) is 2.61. The van der Waals surface area contributed by atoms with Crippen LogP contribution in [0.15, 0.2) is 30.5 Å². The van der Waals surface area contributed by atoms with Gasteiger partial charge >= 0.3 is 0 Å². The van der Waals surface area contributed by atoms with E-state index in [2.05, 4.69) is 16.2 Å². The number of hydrogen-bond acceptors (Lipinski definition) is 5. The van der Waals surface area contributed by atoms with E-state index >= 15 is 0 Å². The minimum Gasteiger partial charge on any atom is -0.493 e.